The molecule has 0 saturated carbocycles. The first-order valence-electron chi connectivity index (χ1n) is 5.04. The van der Waals surface area contributed by atoms with Gasteiger partial charge in [0.2, 0.25) is 0 Å². The standard InChI is InChI=1S/C12H11N3O/c1-7-9(4-5-16-7)12-14-10-3-2-8(13)6-11(10)15-12/h2-6H,13H2,1H3,(H,14,15). The van der Waals surface area contributed by atoms with Crippen LogP contribution in [0.4, 0.5) is 5.69 Å². The van der Waals surface area contributed by atoms with Crippen LogP contribution in [0.1, 0.15) is 5.76 Å². The SMILES string of the molecule is Cc1occc1-c1nc2ccc(N)cc2[nH]1. The molecule has 0 aliphatic carbocycles. The second-order valence-corrected chi connectivity index (χ2v) is 3.75. The van der Waals surface area contributed by atoms with Crippen LogP contribution < -0.4 is 5.73 Å². The fraction of sp³-hybridized carbons (Fsp3) is 0.0833. The Bertz CT molecular complexity index is 651. The van der Waals surface area contributed by atoms with Crippen LogP contribution in [0.25, 0.3) is 22.4 Å². The molecule has 4 nitrogen and oxygen atoms in total. The molecule has 0 unspecified atom stereocenters. The van der Waals surface area contributed by atoms with Crippen molar-refractivity contribution in [2.75, 3.05) is 5.73 Å². The number of rotatable bonds is 1. The van der Waals surface area contributed by atoms with Gasteiger partial charge in [-0.05, 0) is 31.2 Å². The zero-order chi connectivity index (χ0) is 11.1. The molecule has 3 N–H and O–H groups in total. The Morgan fingerprint density at radius 3 is 2.94 bits per heavy atom. The number of nitrogens with zero attached hydrogens (tertiary/aromatic N) is 1. The van der Waals surface area contributed by atoms with Crippen molar-refractivity contribution in [2.45, 2.75) is 6.92 Å². The molecule has 2 heterocycles. The van der Waals surface area contributed by atoms with E-state index in [0.717, 1.165) is 33.9 Å². The molecule has 0 spiro atoms. The summed E-state index contributed by atoms with van der Waals surface area (Å²) in [6, 6.07) is 7.52. The predicted molar refractivity (Wildman–Crippen MR) is 62.9 cm³/mol. The number of benzene rings is 1. The van der Waals surface area contributed by atoms with Crippen LogP contribution >= 0.6 is 0 Å². The fourth-order valence-corrected chi connectivity index (χ4v) is 1.79. The summed E-state index contributed by atoms with van der Waals surface area (Å²) >= 11 is 0. The van der Waals surface area contributed by atoms with Crippen molar-refractivity contribution in [1.82, 2.24) is 9.97 Å². The molecule has 0 atom stereocenters. The molecule has 80 valence electrons. The summed E-state index contributed by atoms with van der Waals surface area (Å²) in [5.74, 6) is 1.67. The Kier molecular flexibility index (Phi) is 1.77. The maximum Gasteiger partial charge on any atom is 0.142 e. The number of nitrogens with one attached hydrogen (secondary N) is 1. The van der Waals surface area contributed by atoms with Crippen molar-refractivity contribution >= 4 is 16.7 Å². The minimum absolute atomic E-state index is 0.728. The number of H-pyrrole nitrogens is 1. The summed E-state index contributed by atoms with van der Waals surface area (Å²) in [6.07, 6.45) is 1.66. The van der Waals surface area contributed by atoms with Gasteiger partial charge in [-0.3, -0.25) is 0 Å². The van der Waals surface area contributed by atoms with E-state index < -0.39 is 0 Å². The van der Waals surface area contributed by atoms with E-state index in [2.05, 4.69) is 9.97 Å². The summed E-state index contributed by atoms with van der Waals surface area (Å²) in [5.41, 5.74) is 9.27. The van der Waals surface area contributed by atoms with Crippen molar-refractivity contribution in [3.8, 4) is 11.4 Å². The number of furan rings is 1. The normalized spacial score (nSPS) is 11.1. The zero-order valence-corrected chi connectivity index (χ0v) is 8.82. The number of nitrogens with two attached hydrogens (primary N) is 1. The quantitative estimate of drug-likeness (QED) is 0.611. The van der Waals surface area contributed by atoms with E-state index in [4.69, 9.17) is 10.2 Å². The smallest absolute Gasteiger partial charge is 0.142 e. The van der Waals surface area contributed by atoms with Gasteiger partial charge in [-0.15, -0.1) is 0 Å². The van der Waals surface area contributed by atoms with Gasteiger partial charge in [0, 0.05) is 5.69 Å². The molecule has 2 aromatic heterocycles. The molecule has 0 bridgehead atoms. The van der Waals surface area contributed by atoms with Crippen LogP contribution in [0.5, 0.6) is 0 Å². The highest BCUT2D eigenvalue weighted by Crippen LogP contribution is 2.24. The molecular weight excluding hydrogens is 202 g/mol. The van der Waals surface area contributed by atoms with E-state index in [0.29, 0.717) is 0 Å². The van der Waals surface area contributed by atoms with Crippen LogP contribution in [0.2, 0.25) is 0 Å². The zero-order valence-electron chi connectivity index (χ0n) is 8.82. The Balaban J connectivity index is 2.23. The van der Waals surface area contributed by atoms with Crippen LogP contribution in [0, 0.1) is 6.92 Å². The number of anilines is 1. The lowest BCUT2D eigenvalue weighted by Crippen LogP contribution is -1.82. The molecule has 0 aliphatic rings. The van der Waals surface area contributed by atoms with Gasteiger partial charge in [0.1, 0.15) is 11.6 Å². The second-order valence-electron chi connectivity index (χ2n) is 3.75. The van der Waals surface area contributed by atoms with Crippen LogP contribution in [-0.4, -0.2) is 9.97 Å². The van der Waals surface area contributed by atoms with Crippen LogP contribution in [-0.2, 0) is 0 Å². The maximum atomic E-state index is 5.72. The first-order chi connectivity index (χ1) is 7.74. The number of imidazole rings is 1. The molecule has 3 rings (SSSR count). The molecular formula is C12H11N3O. The van der Waals surface area contributed by atoms with E-state index in [9.17, 15) is 0 Å². The van der Waals surface area contributed by atoms with Gasteiger partial charge in [-0.2, -0.15) is 0 Å². The van der Waals surface area contributed by atoms with Gasteiger partial charge < -0.3 is 15.1 Å². The largest absolute Gasteiger partial charge is 0.469 e. The molecule has 0 fully saturated rings. The lowest BCUT2D eigenvalue weighted by Gasteiger charge is -1.91. The van der Waals surface area contributed by atoms with Gasteiger partial charge in [0.05, 0.1) is 22.9 Å². The van der Waals surface area contributed by atoms with Gasteiger partial charge in [-0.1, -0.05) is 0 Å². The first kappa shape index (κ1) is 9.03. The van der Waals surface area contributed by atoms with Crippen molar-refractivity contribution in [3.63, 3.8) is 0 Å². The number of fused-ring (bicyclic) bond motifs is 1. The van der Waals surface area contributed by atoms with Crippen molar-refractivity contribution in [3.05, 3.63) is 36.3 Å². The van der Waals surface area contributed by atoms with Crippen LogP contribution in [0.3, 0.4) is 0 Å². The fourth-order valence-electron chi connectivity index (χ4n) is 1.79. The van der Waals surface area contributed by atoms with E-state index in [1.165, 1.54) is 0 Å². The third-order valence-corrected chi connectivity index (χ3v) is 2.62. The molecule has 0 aliphatic heterocycles. The molecule has 1 aromatic carbocycles. The molecule has 0 radical (unpaired) electrons. The molecule has 16 heavy (non-hydrogen) atoms. The summed E-state index contributed by atoms with van der Waals surface area (Å²) < 4.78 is 5.25. The third kappa shape index (κ3) is 1.27. The number of hydrogen-bond acceptors (Lipinski definition) is 3. The highest BCUT2D eigenvalue weighted by molar-refractivity contribution is 5.82. The van der Waals surface area contributed by atoms with Gasteiger partial charge in [0.15, 0.2) is 0 Å². The molecule has 0 amide bonds. The van der Waals surface area contributed by atoms with E-state index in [-0.39, 0.29) is 0 Å². The van der Waals surface area contributed by atoms with Gasteiger partial charge >= 0.3 is 0 Å². The van der Waals surface area contributed by atoms with E-state index >= 15 is 0 Å². The predicted octanol–water partition coefficient (Wildman–Crippen LogP) is 2.71. The summed E-state index contributed by atoms with van der Waals surface area (Å²) in [5, 5.41) is 0. The third-order valence-electron chi connectivity index (χ3n) is 2.62. The van der Waals surface area contributed by atoms with E-state index in [1.54, 1.807) is 6.26 Å². The highest BCUT2D eigenvalue weighted by Gasteiger charge is 2.09. The highest BCUT2D eigenvalue weighted by atomic mass is 16.3. The number of aromatic nitrogens is 2. The summed E-state index contributed by atoms with van der Waals surface area (Å²) in [7, 11) is 0. The summed E-state index contributed by atoms with van der Waals surface area (Å²) in [4.78, 5) is 7.71. The Labute approximate surface area is 92.1 Å². The Morgan fingerprint density at radius 2 is 2.19 bits per heavy atom. The molecule has 4 heteroatoms. The Hall–Kier alpha value is -2.23. The first-order valence-corrected chi connectivity index (χ1v) is 5.04. The topological polar surface area (TPSA) is 67.8 Å². The number of aromatic amines is 1. The van der Waals surface area contributed by atoms with E-state index in [1.807, 2.05) is 31.2 Å². The lowest BCUT2D eigenvalue weighted by atomic mass is 10.2. The average molecular weight is 213 g/mol. The number of hydrogen-bond donors (Lipinski definition) is 2. The number of nitrogen functional groups attached to an aromatic ring is 1. The Morgan fingerprint density at radius 1 is 1.31 bits per heavy atom. The minimum Gasteiger partial charge on any atom is -0.469 e. The average Bonchev–Trinajstić information content (AvgIpc) is 2.82. The van der Waals surface area contributed by atoms with Crippen molar-refractivity contribution < 1.29 is 4.42 Å². The van der Waals surface area contributed by atoms with Gasteiger partial charge in [-0.25, -0.2) is 4.98 Å². The molecule has 3 aromatic rings. The van der Waals surface area contributed by atoms with Gasteiger partial charge in [0.25, 0.3) is 0 Å². The lowest BCUT2D eigenvalue weighted by molar-refractivity contribution is 0.535. The monoisotopic (exact) mass is 213 g/mol. The maximum absolute atomic E-state index is 5.72. The van der Waals surface area contributed by atoms with Crippen molar-refractivity contribution in [2.24, 2.45) is 0 Å². The van der Waals surface area contributed by atoms with Crippen molar-refractivity contribution in [1.29, 1.82) is 0 Å². The molecule has 0 saturated heterocycles. The second kappa shape index (κ2) is 3.13. The van der Waals surface area contributed by atoms with Crippen LogP contribution in [0.15, 0.2) is 34.9 Å². The summed E-state index contributed by atoms with van der Waals surface area (Å²) in [6.45, 7) is 1.91. The number of aryl methyl sites for hydroxylation is 1. The minimum atomic E-state index is 0.728.